The predicted molar refractivity (Wildman–Crippen MR) is 253 cm³/mol. The van der Waals surface area contributed by atoms with Gasteiger partial charge < -0.3 is 40.2 Å². The summed E-state index contributed by atoms with van der Waals surface area (Å²) in [7, 11) is 2.67. The molecule has 2 fully saturated rings. The Morgan fingerprint density at radius 2 is 1.17 bits per heavy atom. The second kappa shape index (κ2) is 21.8. The quantitative estimate of drug-likeness (QED) is 0.0730. The maximum absolute atomic E-state index is 13.8. The van der Waals surface area contributed by atoms with Crippen LogP contribution in [0.25, 0.3) is 22.4 Å². The second-order valence-corrected chi connectivity index (χ2v) is 17.4. The van der Waals surface area contributed by atoms with Crippen LogP contribution in [-0.2, 0) is 31.9 Å². The molecule has 1 unspecified atom stereocenters. The molecule has 0 saturated carbocycles. The number of amides is 4. The molecule has 1 aromatic heterocycles. The van der Waals surface area contributed by atoms with Crippen LogP contribution in [-0.4, -0.2) is 102 Å². The summed E-state index contributed by atoms with van der Waals surface area (Å²) in [6.07, 6.45) is 7.26. The number of ether oxygens (including phenoxy) is 2. The number of methoxy groups -OCH3 is 2. The number of aromatic amines is 1. The number of aliphatic imine (C=N–C) groups is 1. The number of rotatable bonds is 17. The van der Waals surface area contributed by atoms with Crippen molar-refractivity contribution in [3.8, 4) is 22.4 Å². The van der Waals surface area contributed by atoms with Crippen LogP contribution in [0.15, 0.2) is 120 Å². The number of carbonyl (C=O) groups is 4. The number of benzene rings is 4. The zero-order chi connectivity index (χ0) is 45.8. The summed E-state index contributed by atoms with van der Waals surface area (Å²) in [5, 5.41) is 9.39. The molecule has 2 saturated heterocycles. The fourth-order valence-corrected chi connectivity index (χ4v) is 9.48. The van der Waals surface area contributed by atoms with Gasteiger partial charge >= 0.3 is 12.2 Å². The smallest absolute Gasteiger partial charge is 0.407 e. The van der Waals surface area contributed by atoms with E-state index in [9.17, 15) is 19.2 Å². The van der Waals surface area contributed by atoms with Crippen LogP contribution in [0.4, 0.5) is 9.59 Å². The molecule has 5 atom stereocenters. The molecule has 3 aliphatic heterocycles. The van der Waals surface area contributed by atoms with E-state index in [4.69, 9.17) is 19.5 Å². The molecule has 4 aromatic carbocycles. The highest BCUT2D eigenvalue weighted by Crippen LogP contribution is 2.34. The van der Waals surface area contributed by atoms with E-state index in [1.807, 2.05) is 64.5 Å². The summed E-state index contributed by atoms with van der Waals surface area (Å²) in [6.45, 7) is 1.88. The highest BCUT2D eigenvalue weighted by molar-refractivity contribution is 5.93. The Labute approximate surface area is 386 Å². The first-order chi connectivity index (χ1) is 32.2. The molecule has 4 N–H and O–H groups in total. The second-order valence-electron chi connectivity index (χ2n) is 17.4. The standard InChI is InChI=1S/C52H60N8O6/c1-65-51(63)55-41(27-17-35-11-5-3-6-12-35)31-47(61)59-29-9-15-45(59)49-53-33-43(57-49)39-23-19-37(20-24-39)38-21-25-40(26-22-38)44-34-54-50(58-44)46-16-10-30-60(46)48(62)32-42(56-52(64)66-2)28-18-36-13-7-4-8-14-36/h3-8,11-14,19-26,33,41-42,44-46H,9-10,15-18,27-32,34H2,1-2H3,(H,53,57)(H,54,58)(H,55,63)(H,56,64)/t41-,42-,44?,45+,46+/m1/s1. The van der Waals surface area contributed by atoms with Gasteiger partial charge in [0.25, 0.3) is 0 Å². The average Bonchev–Trinajstić information content (AvgIpc) is 4.21. The lowest BCUT2D eigenvalue weighted by atomic mass is 9.99. The Morgan fingerprint density at radius 1 is 0.667 bits per heavy atom. The summed E-state index contributed by atoms with van der Waals surface area (Å²) in [5.74, 6) is 1.59. The number of H-pyrrole nitrogens is 1. The van der Waals surface area contributed by atoms with Crippen LogP contribution < -0.4 is 16.0 Å². The van der Waals surface area contributed by atoms with Gasteiger partial charge in [0.15, 0.2) is 0 Å². The lowest BCUT2D eigenvalue weighted by Crippen LogP contribution is -2.47. The monoisotopic (exact) mass is 892 g/mol. The van der Waals surface area contributed by atoms with E-state index in [2.05, 4.69) is 81.6 Å². The van der Waals surface area contributed by atoms with Gasteiger partial charge in [-0.3, -0.25) is 14.6 Å². The van der Waals surface area contributed by atoms with Gasteiger partial charge in [-0.2, -0.15) is 0 Å². The number of nitrogens with zero attached hydrogens (tertiary/aromatic N) is 4. The Bertz CT molecular complexity index is 2440. The minimum Gasteiger partial charge on any atom is -0.453 e. The maximum atomic E-state index is 13.8. The molecule has 5 aromatic rings. The Morgan fingerprint density at radius 3 is 1.71 bits per heavy atom. The van der Waals surface area contributed by atoms with E-state index in [-0.39, 0.29) is 54.9 Å². The molecule has 344 valence electrons. The third kappa shape index (κ3) is 11.5. The summed E-state index contributed by atoms with van der Waals surface area (Å²) >= 11 is 0. The summed E-state index contributed by atoms with van der Waals surface area (Å²) in [6, 6.07) is 36.0. The number of imidazole rings is 1. The van der Waals surface area contributed by atoms with Crippen molar-refractivity contribution in [1.29, 1.82) is 0 Å². The summed E-state index contributed by atoms with van der Waals surface area (Å²) in [4.78, 5) is 68.8. The highest BCUT2D eigenvalue weighted by atomic mass is 16.5. The lowest BCUT2D eigenvalue weighted by molar-refractivity contribution is -0.133. The van der Waals surface area contributed by atoms with E-state index in [0.29, 0.717) is 32.5 Å². The van der Waals surface area contributed by atoms with E-state index in [0.717, 1.165) is 89.3 Å². The number of aromatic nitrogens is 2. The van der Waals surface area contributed by atoms with Gasteiger partial charge in [0.2, 0.25) is 11.8 Å². The number of alkyl carbamates (subject to hydrolysis) is 2. The van der Waals surface area contributed by atoms with Crippen molar-refractivity contribution >= 4 is 29.8 Å². The molecular formula is C52H60N8O6. The van der Waals surface area contributed by atoms with Crippen molar-refractivity contribution in [3.63, 3.8) is 0 Å². The minimum atomic E-state index is -0.541. The number of likely N-dealkylation sites (tertiary alicyclic amines) is 2. The summed E-state index contributed by atoms with van der Waals surface area (Å²) < 4.78 is 9.75. The number of hydrogen-bond donors (Lipinski definition) is 4. The topological polar surface area (TPSA) is 170 Å². The molecule has 3 aliphatic rings. The number of amidine groups is 1. The molecule has 14 nitrogen and oxygen atoms in total. The molecule has 0 spiro atoms. The van der Waals surface area contributed by atoms with Crippen molar-refractivity contribution in [2.45, 2.75) is 94.4 Å². The lowest BCUT2D eigenvalue weighted by Gasteiger charge is -2.28. The first kappa shape index (κ1) is 45.6. The largest absolute Gasteiger partial charge is 0.453 e. The first-order valence-electron chi connectivity index (χ1n) is 23.2. The van der Waals surface area contributed by atoms with Crippen molar-refractivity contribution in [2.75, 3.05) is 33.9 Å². The average molecular weight is 893 g/mol. The molecule has 66 heavy (non-hydrogen) atoms. The fourth-order valence-electron chi connectivity index (χ4n) is 9.48. The molecule has 0 aliphatic carbocycles. The third-order valence-electron chi connectivity index (χ3n) is 13.1. The molecule has 4 amide bonds. The third-order valence-corrected chi connectivity index (χ3v) is 13.1. The van der Waals surface area contributed by atoms with Gasteiger partial charge in [0.05, 0.1) is 50.8 Å². The van der Waals surface area contributed by atoms with Crippen molar-refractivity contribution in [2.24, 2.45) is 4.99 Å². The van der Waals surface area contributed by atoms with Crippen LogP contribution in [0.3, 0.4) is 0 Å². The van der Waals surface area contributed by atoms with Crippen LogP contribution >= 0.6 is 0 Å². The van der Waals surface area contributed by atoms with Crippen LogP contribution in [0.1, 0.15) is 86.0 Å². The summed E-state index contributed by atoms with van der Waals surface area (Å²) in [5.41, 5.74) is 7.48. The Hall–Kier alpha value is -6.96. The SMILES string of the molecule is COC(=O)N[C@H](CCc1ccccc1)CC(=O)N1CCC[C@H]1C1=NCC(c2ccc(-c3ccc(-c4cnc([C@@H]5CCCN5C(=O)C[C@@H](CCc5ccccc5)NC(=O)OC)[nH]4)cc3)cc2)N1. The van der Waals surface area contributed by atoms with Crippen LogP contribution in [0.2, 0.25) is 0 Å². The van der Waals surface area contributed by atoms with Gasteiger partial charge in [0, 0.05) is 38.0 Å². The van der Waals surface area contributed by atoms with Gasteiger partial charge in [-0.15, -0.1) is 0 Å². The molecular weight excluding hydrogens is 833 g/mol. The highest BCUT2D eigenvalue weighted by Gasteiger charge is 2.37. The van der Waals surface area contributed by atoms with E-state index < -0.39 is 12.2 Å². The zero-order valence-corrected chi connectivity index (χ0v) is 37.8. The van der Waals surface area contributed by atoms with Gasteiger partial charge in [-0.05, 0) is 84.7 Å². The van der Waals surface area contributed by atoms with E-state index >= 15 is 0 Å². The maximum Gasteiger partial charge on any atom is 0.407 e. The van der Waals surface area contributed by atoms with E-state index in [1.165, 1.54) is 14.2 Å². The Kier molecular flexibility index (Phi) is 15.1. The zero-order valence-electron chi connectivity index (χ0n) is 37.8. The normalized spacial score (nSPS) is 18.8. The van der Waals surface area contributed by atoms with Crippen molar-refractivity contribution < 1.29 is 28.7 Å². The van der Waals surface area contributed by atoms with Crippen molar-refractivity contribution in [3.05, 3.63) is 138 Å². The van der Waals surface area contributed by atoms with Crippen LogP contribution in [0, 0.1) is 0 Å². The molecule has 0 radical (unpaired) electrons. The predicted octanol–water partition coefficient (Wildman–Crippen LogP) is 7.94. The minimum absolute atomic E-state index is 0.00203. The fraction of sp³-hybridized carbons (Fsp3) is 0.385. The van der Waals surface area contributed by atoms with Gasteiger partial charge in [-0.1, -0.05) is 109 Å². The number of aryl methyl sites for hydroxylation is 2. The Balaban J connectivity index is 0.842. The molecule has 14 heteroatoms. The molecule has 8 rings (SSSR count). The number of carbonyl (C=O) groups excluding carboxylic acids is 4. The number of nitrogens with one attached hydrogen (secondary N) is 4. The number of hydrogen-bond acceptors (Lipinski definition) is 9. The molecule has 4 heterocycles. The van der Waals surface area contributed by atoms with Gasteiger partial charge in [0.1, 0.15) is 11.7 Å². The van der Waals surface area contributed by atoms with Gasteiger partial charge in [-0.25, -0.2) is 14.6 Å². The first-order valence-corrected chi connectivity index (χ1v) is 23.2. The van der Waals surface area contributed by atoms with E-state index in [1.54, 1.807) is 0 Å². The van der Waals surface area contributed by atoms with Crippen LogP contribution in [0.5, 0.6) is 0 Å². The van der Waals surface area contributed by atoms with Crippen molar-refractivity contribution in [1.82, 2.24) is 35.7 Å². The molecule has 0 bridgehead atoms.